The standard InChI is InChI=1S/C10H14Cl2N2O4S2/c1-2-19(15,16)6-5-14-20(17,18)8-4-3-7(11)10(13)9(8)12/h3-4,14H,2,5-6,13H2,1H3. The second-order valence-electron chi connectivity index (χ2n) is 3.91. The van der Waals surface area contributed by atoms with Gasteiger partial charge in [-0.25, -0.2) is 21.6 Å². The third-order valence-corrected chi connectivity index (χ3v) is 6.58. The van der Waals surface area contributed by atoms with Crippen LogP contribution >= 0.6 is 23.2 Å². The Morgan fingerprint density at radius 3 is 2.35 bits per heavy atom. The van der Waals surface area contributed by atoms with Gasteiger partial charge in [-0.15, -0.1) is 0 Å². The van der Waals surface area contributed by atoms with Crippen molar-refractivity contribution in [3.63, 3.8) is 0 Å². The van der Waals surface area contributed by atoms with Crippen LogP contribution in [0.25, 0.3) is 0 Å². The van der Waals surface area contributed by atoms with Gasteiger partial charge in [0.2, 0.25) is 10.0 Å². The number of sulfone groups is 1. The molecule has 1 rings (SSSR count). The lowest BCUT2D eigenvalue weighted by molar-refractivity contribution is 0.581. The smallest absolute Gasteiger partial charge is 0.242 e. The Hall–Kier alpha value is -0.540. The summed E-state index contributed by atoms with van der Waals surface area (Å²) >= 11 is 11.5. The maximum Gasteiger partial charge on any atom is 0.242 e. The molecule has 3 N–H and O–H groups in total. The Labute approximate surface area is 128 Å². The molecule has 10 heteroatoms. The SMILES string of the molecule is CCS(=O)(=O)CCNS(=O)(=O)c1ccc(Cl)c(N)c1Cl. The van der Waals surface area contributed by atoms with Crippen LogP contribution in [0.4, 0.5) is 5.69 Å². The van der Waals surface area contributed by atoms with Gasteiger partial charge in [-0.05, 0) is 12.1 Å². The lowest BCUT2D eigenvalue weighted by Gasteiger charge is -2.10. The monoisotopic (exact) mass is 360 g/mol. The Balaban J connectivity index is 2.93. The maximum atomic E-state index is 12.0. The van der Waals surface area contributed by atoms with Crippen molar-refractivity contribution in [1.29, 1.82) is 0 Å². The fourth-order valence-corrected chi connectivity index (χ4v) is 3.94. The normalized spacial score (nSPS) is 12.6. The third-order valence-electron chi connectivity index (χ3n) is 2.53. The lowest BCUT2D eigenvalue weighted by atomic mass is 10.3. The molecule has 0 bridgehead atoms. The van der Waals surface area contributed by atoms with E-state index in [0.29, 0.717) is 0 Å². The lowest BCUT2D eigenvalue weighted by Crippen LogP contribution is -2.30. The number of hydrogen-bond acceptors (Lipinski definition) is 5. The van der Waals surface area contributed by atoms with Crippen molar-refractivity contribution < 1.29 is 16.8 Å². The molecule has 0 atom stereocenters. The van der Waals surface area contributed by atoms with Crippen LogP contribution in [0.2, 0.25) is 10.0 Å². The highest BCUT2D eigenvalue weighted by Gasteiger charge is 2.21. The van der Waals surface area contributed by atoms with Gasteiger partial charge < -0.3 is 5.73 Å². The zero-order valence-corrected chi connectivity index (χ0v) is 13.7. The van der Waals surface area contributed by atoms with Crippen molar-refractivity contribution in [1.82, 2.24) is 4.72 Å². The van der Waals surface area contributed by atoms with E-state index < -0.39 is 19.9 Å². The minimum atomic E-state index is -3.95. The summed E-state index contributed by atoms with van der Waals surface area (Å²) in [6.07, 6.45) is 0. The Bertz CT molecular complexity index is 702. The molecule has 0 aliphatic heterocycles. The van der Waals surface area contributed by atoms with Gasteiger partial charge in [0.25, 0.3) is 0 Å². The van der Waals surface area contributed by atoms with Crippen molar-refractivity contribution in [2.75, 3.05) is 23.8 Å². The number of anilines is 1. The molecule has 0 aliphatic rings. The molecule has 6 nitrogen and oxygen atoms in total. The number of nitrogen functional groups attached to an aromatic ring is 1. The molecule has 0 aliphatic carbocycles. The molecule has 1 aromatic rings. The van der Waals surface area contributed by atoms with Crippen LogP contribution in [-0.2, 0) is 19.9 Å². The Morgan fingerprint density at radius 1 is 1.20 bits per heavy atom. The molecule has 0 amide bonds. The van der Waals surface area contributed by atoms with E-state index >= 15 is 0 Å². The molecule has 1 aromatic carbocycles. The van der Waals surface area contributed by atoms with E-state index in [1.54, 1.807) is 0 Å². The topological polar surface area (TPSA) is 106 Å². The third kappa shape index (κ3) is 4.23. The van der Waals surface area contributed by atoms with E-state index in [0.717, 1.165) is 0 Å². The summed E-state index contributed by atoms with van der Waals surface area (Å²) in [4.78, 5) is -0.241. The highest BCUT2D eigenvalue weighted by atomic mass is 35.5. The number of hydrogen-bond donors (Lipinski definition) is 2. The van der Waals surface area contributed by atoms with E-state index in [4.69, 9.17) is 28.9 Å². The first kappa shape index (κ1) is 17.5. The molecule has 0 saturated carbocycles. The van der Waals surface area contributed by atoms with E-state index in [2.05, 4.69) is 4.72 Å². The van der Waals surface area contributed by atoms with Gasteiger partial charge in [0.15, 0.2) is 9.84 Å². The minimum absolute atomic E-state index is 0.0441. The average Bonchev–Trinajstić information content (AvgIpc) is 2.35. The minimum Gasteiger partial charge on any atom is -0.396 e. The zero-order chi connectivity index (χ0) is 15.6. The number of halogens is 2. The van der Waals surface area contributed by atoms with Crippen LogP contribution in [-0.4, -0.2) is 34.9 Å². The van der Waals surface area contributed by atoms with Crippen LogP contribution in [0, 0.1) is 0 Å². The van der Waals surface area contributed by atoms with Gasteiger partial charge in [-0.2, -0.15) is 0 Å². The number of benzene rings is 1. The number of rotatable bonds is 6. The molecule has 114 valence electrons. The van der Waals surface area contributed by atoms with E-state index in [1.807, 2.05) is 0 Å². The summed E-state index contributed by atoms with van der Waals surface area (Å²) < 4.78 is 48.7. The maximum absolute atomic E-state index is 12.0. The highest BCUT2D eigenvalue weighted by Crippen LogP contribution is 2.32. The van der Waals surface area contributed by atoms with E-state index in [1.165, 1.54) is 19.1 Å². The van der Waals surface area contributed by atoms with Gasteiger partial charge in [-0.3, -0.25) is 0 Å². The number of sulfonamides is 1. The summed E-state index contributed by atoms with van der Waals surface area (Å²) in [6.45, 7) is 1.25. The largest absolute Gasteiger partial charge is 0.396 e. The van der Waals surface area contributed by atoms with Crippen LogP contribution in [0.15, 0.2) is 17.0 Å². The van der Waals surface area contributed by atoms with Crippen LogP contribution < -0.4 is 10.5 Å². The predicted octanol–water partition coefficient (Wildman–Crippen LogP) is 1.29. The van der Waals surface area contributed by atoms with E-state index in [-0.39, 0.29) is 38.7 Å². The Morgan fingerprint density at radius 2 is 1.80 bits per heavy atom. The molecule has 0 aromatic heterocycles. The molecule has 0 spiro atoms. The number of nitrogens with one attached hydrogen (secondary N) is 1. The number of nitrogens with two attached hydrogens (primary N) is 1. The second kappa shape index (κ2) is 6.48. The van der Waals surface area contributed by atoms with Gasteiger partial charge in [0.05, 0.1) is 21.5 Å². The van der Waals surface area contributed by atoms with Crippen LogP contribution in [0.1, 0.15) is 6.92 Å². The van der Waals surface area contributed by atoms with Gasteiger partial charge in [0.1, 0.15) is 4.90 Å². The van der Waals surface area contributed by atoms with Crippen molar-refractivity contribution >= 4 is 48.7 Å². The van der Waals surface area contributed by atoms with Crippen molar-refractivity contribution in [2.45, 2.75) is 11.8 Å². The molecule has 0 heterocycles. The molecule has 0 saturated heterocycles. The van der Waals surface area contributed by atoms with Crippen molar-refractivity contribution in [3.8, 4) is 0 Å². The molecular formula is C10H14Cl2N2O4S2. The fraction of sp³-hybridized carbons (Fsp3) is 0.400. The molecular weight excluding hydrogens is 347 g/mol. The molecule has 0 unspecified atom stereocenters. The quantitative estimate of drug-likeness (QED) is 0.743. The first-order chi connectivity index (χ1) is 9.10. The molecule has 20 heavy (non-hydrogen) atoms. The van der Waals surface area contributed by atoms with Gasteiger partial charge in [-0.1, -0.05) is 30.1 Å². The van der Waals surface area contributed by atoms with Crippen LogP contribution in [0.5, 0.6) is 0 Å². The van der Waals surface area contributed by atoms with Gasteiger partial charge in [0, 0.05) is 12.3 Å². The first-order valence-electron chi connectivity index (χ1n) is 5.54. The fourth-order valence-electron chi connectivity index (χ4n) is 1.31. The predicted molar refractivity (Wildman–Crippen MR) is 80.4 cm³/mol. The van der Waals surface area contributed by atoms with Crippen LogP contribution in [0.3, 0.4) is 0 Å². The van der Waals surface area contributed by atoms with E-state index in [9.17, 15) is 16.8 Å². The summed E-state index contributed by atoms with van der Waals surface area (Å²) in [6, 6.07) is 2.51. The first-order valence-corrected chi connectivity index (χ1v) is 9.60. The van der Waals surface area contributed by atoms with Gasteiger partial charge >= 0.3 is 0 Å². The summed E-state index contributed by atoms with van der Waals surface area (Å²) in [7, 11) is -7.20. The second-order valence-corrected chi connectivity index (χ2v) is 8.90. The molecule has 0 fully saturated rings. The average molecular weight is 361 g/mol. The summed E-state index contributed by atoms with van der Waals surface area (Å²) in [5, 5.41) is -0.0501. The zero-order valence-electron chi connectivity index (χ0n) is 10.6. The summed E-state index contributed by atoms with van der Waals surface area (Å²) in [5.41, 5.74) is 5.50. The van der Waals surface area contributed by atoms with Crippen molar-refractivity contribution in [2.24, 2.45) is 0 Å². The summed E-state index contributed by atoms with van der Waals surface area (Å²) in [5.74, 6) is -0.340. The van der Waals surface area contributed by atoms with Crippen molar-refractivity contribution in [3.05, 3.63) is 22.2 Å². The molecule has 0 radical (unpaired) electrons. The Kier molecular flexibility index (Phi) is 5.68. The highest BCUT2D eigenvalue weighted by molar-refractivity contribution is 7.91.